The minimum Gasteiger partial charge on any atom is -0.377 e. The molecule has 0 radical (unpaired) electrons. The molecule has 12 heavy (non-hydrogen) atoms. The Bertz CT molecular complexity index is 109. The molecule has 2 unspecified atom stereocenters. The number of nitrogens with one attached hydrogen (secondary N) is 1. The second-order valence-electron chi connectivity index (χ2n) is 3.61. The highest BCUT2D eigenvalue weighted by Gasteiger charge is 2.12. The molecule has 0 spiro atoms. The lowest BCUT2D eigenvalue weighted by Gasteiger charge is -2.16. The van der Waals surface area contributed by atoms with Crippen LogP contribution in [0.4, 0.5) is 0 Å². The van der Waals surface area contributed by atoms with Crippen molar-refractivity contribution < 1.29 is 4.74 Å². The number of ether oxygens (including phenoxy) is 1. The smallest absolute Gasteiger partial charge is 0.0618 e. The van der Waals surface area contributed by atoms with Crippen LogP contribution in [0.15, 0.2) is 0 Å². The van der Waals surface area contributed by atoms with E-state index in [9.17, 15) is 0 Å². The van der Waals surface area contributed by atoms with Gasteiger partial charge in [0.1, 0.15) is 0 Å². The largest absolute Gasteiger partial charge is 0.377 e. The molecule has 1 saturated heterocycles. The third-order valence-electron chi connectivity index (χ3n) is 2.12. The standard InChI is InChI=1S/C9H20N2O/c1-8(10)7-12-9-3-2-5-11-6-4-9/h8-9,11H,2-7,10H2,1H3. The van der Waals surface area contributed by atoms with Gasteiger partial charge in [0, 0.05) is 6.04 Å². The van der Waals surface area contributed by atoms with Gasteiger partial charge in [-0.15, -0.1) is 0 Å². The van der Waals surface area contributed by atoms with Gasteiger partial charge in [0.15, 0.2) is 0 Å². The fourth-order valence-corrected chi connectivity index (χ4v) is 1.44. The molecule has 0 aromatic rings. The van der Waals surface area contributed by atoms with Crippen molar-refractivity contribution >= 4 is 0 Å². The minimum absolute atomic E-state index is 0.168. The van der Waals surface area contributed by atoms with E-state index in [1.54, 1.807) is 0 Å². The lowest BCUT2D eigenvalue weighted by atomic mass is 10.1. The predicted octanol–water partition coefficient (Wildman–Crippen LogP) is 0.492. The average Bonchev–Trinajstić information content (AvgIpc) is 2.28. The van der Waals surface area contributed by atoms with Crippen LogP contribution < -0.4 is 11.1 Å². The first-order valence-corrected chi connectivity index (χ1v) is 4.87. The van der Waals surface area contributed by atoms with Crippen molar-refractivity contribution in [1.29, 1.82) is 0 Å². The Morgan fingerprint density at radius 3 is 3.08 bits per heavy atom. The van der Waals surface area contributed by atoms with Crippen molar-refractivity contribution in [1.82, 2.24) is 5.32 Å². The summed E-state index contributed by atoms with van der Waals surface area (Å²) in [6.07, 6.45) is 3.97. The van der Waals surface area contributed by atoms with Crippen LogP contribution in [-0.2, 0) is 4.74 Å². The van der Waals surface area contributed by atoms with Gasteiger partial charge in [-0.25, -0.2) is 0 Å². The van der Waals surface area contributed by atoms with Gasteiger partial charge >= 0.3 is 0 Å². The summed E-state index contributed by atoms with van der Waals surface area (Å²) in [6.45, 7) is 4.90. The van der Waals surface area contributed by atoms with Gasteiger partial charge in [0.2, 0.25) is 0 Å². The van der Waals surface area contributed by atoms with E-state index >= 15 is 0 Å². The highest BCUT2D eigenvalue weighted by molar-refractivity contribution is 4.67. The number of nitrogens with two attached hydrogens (primary N) is 1. The molecule has 3 nitrogen and oxygen atoms in total. The Hall–Kier alpha value is -0.120. The van der Waals surface area contributed by atoms with Crippen molar-refractivity contribution in [2.24, 2.45) is 5.73 Å². The highest BCUT2D eigenvalue weighted by Crippen LogP contribution is 2.09. The van der Waals surface area contributed by atoms with E-state index in [1.807, 2.05) is 6.92 Å². The first-order valence-electron chi connectivity index (χ1n) is 4.87. The number of hydrogen-bond acceptors (Lipinski definition) is 3. The summed E-state index contributed by atoms with van der Waals surface area (Å²) < 4.78 is 5.66. The monoisotopic (exact) mass is 172 g/mol. The zero-order valence-electron chi connectivity index (χ0n) is 7.88. The van der Waals surface area contributed by atoms with Crippen LogP contribution in [0.3, 0.4) is 0 Å². The molecule has 72 valence electrons. The number of rotatable bonds is 3. The van der Waals surface area contributed by atoms with Gasteiger partial charge in [-0.3, -0.25) is 0 Å². The fourth-order valence-electron chi connectivity index (χ4n) is 1.44. The predicted molar refractivity (Wildman–Crippen MR) is 50.1 cm³/mol. The molecule has 1 rings (SSSR count). The maximum absolute atomic E-state index is 5.66. The third kappa shape index (κ3) is 4.04. The number of hydrogen-bond donors (Lipinski definition) is 2. The Balaban J connectivity index is 2.12. The topological polar surface area (TPSA) is 47.3 Å². The molecule has 0 amide bonds. The zero-order chi connectivity index (χ0) is 8.81. The first-order chi connectivity index (χ1) is 5.79. The molecule has 1 fully saturated rings. The van der Waals surface area contributed by atoms with Crippen molar-refractivity contribution in [2.75, 3.05) is 19.7 Å². The summed E-state index contributed by atoms with van der Waals surface area (Å²) in [5.41, 5.74) is 5.61. The van der Waals surface area contributed by atoms with E-state index in [2.05, 4.69) is 5.32 Å². The Labute approximate surface area is 74.7 Å². The van der Waals surface area contributed by atoms with Gasteiger partial charge in [0.05, 0.1) is 12.7 Å². The summed E-state index contributed by atoms with van der Waals surface area (Å²) in [5, 5.41) is 3.35. The lowest BCUT2D eigenvalue weighted by molar-refractivity contribution is 0.0391. The first kappa shape index (κ1) is 9.96. The van der Waals surface area contributed by atoms with Crippen LogP contribution >= 0.6 is 0 Å². The maximum atomic E-state index is 5.66. The molecule has 1 aliphatic rings. The molecule has 0 aliphatic carbocycles. The van der Waals surface area contributed by atoms with Crippen LogP contribution in [0.2, 0.25) is 0 Å². The lowest BCUT2D eigenvalue weighted by Crippen LogP contribution is -2.26. The van der Waals surface area contributed by atoms with Crippen molar-refractivity contribution in [3.63, 3.8) is 0 Å². The summed E-state index contributed by atoms with van der Waals surface area (Å²) in [5.74, 6) is 0. The molecule has 2 atom stereocenters. The third-order valence-corrected chi connectivity index (χ3v) is 2.12. The van der Waals surface area contributed by atoms with E-state index in [1.165, 1.54) is 12.8 Å². The quantitative estimate of drug-likeness (QED) is 0.651. The normalized spacial score (nSPS) is 28.0. The van der Waals surface area contributed by atoms with Crippen LogP contribution in [-0.4, -0.2) is 31.8 Å². The zero-order valence-corrected chi connectivity index (χ0v) is 7.88. The molecule has 3 heteroatoms. The van der Waals surface area contributed by atoms with E-state index in [0.29, 0.717) is 12.7 Å². The van der Waals surface area contributed by atoms with Crippen LogP contribution in [0, 0.1) is 0 Å². The van der Waals surface area contributed by atoms with Crippen LogP contribution in [0.5, 0.6) is 0 Å². The minimum atomic E-state index is 0.168. The molecule has 0 saturated carbocycles. The van der Waals surface area contributed by atoms with E-state index in [0.717, 1.165) is 19.5 Å². The second-order valence-corrected chi connectivity index (χ2v) is 3.61. The van der Waals surface area contributed by atoms with Gasteiger partial charge in [-0.2, -0.15) is 0 Å². The SMILES string of the molecule is CC(N)COC1CCCNCC1. The van der Waals surface area contributed by atoms with Crippen molar-refractivity contribution in [3.8, 4) is 0 Å². The van der Waals surface area contributed by atoms with Crippen molar-refractivity contribution in [2.45, 2.75) is 38.3 Å². The van der Waals surface area contributed by atoms with Crippen LogP contribution in [0.1, 0.15) is 26.2 Å². The molecular weight excluding hydrogens is 152 g/mol. The highest BCUT2D eigenvalue weighted by atomic mass is 16.5. The van der Waals surface area contributed by atoms with E-state index in [-0.39, 0.29) is 6.04 Å². The van der Waals surface area contributed by atoms with Gasteiger partial charge in [0.25, 0.3) is 0 Å². The average molecular weight is 172 g/mol. The summed E-state index contributed by atoms with van der Waals surface area (Å²) in [7, 11) is 0. The van der Waals surface area contributed by atoms with Gasteiger partial charge < -0.3 is 15.8 Å². The van der Waals surface area contributed by atoms with Crippen LogP contribution in [0.25, 0.3) is 0 Å². The van der Waals surface area contributed by atoms with Gasteiger partial charge in [-0.1, -0.05) is 0 Å². The molecule has 0 aromatic carbocycles. The Morgan fingerprint density at radius 2 is 2.33 bits per heavy atom. The molecular formula is C9H20N2O. The van der Waals surface area contributed by atoms with Gasteiger partial charge in [-0.05, 0) is 39.3 Å². The molecule has 3 N–H and O–H groups in total. The van der Waals surface area contributed by atoms with Crippen molar-refractivity contribution in [3.05, 3.63) is 0 Å². The fraction of sp³-hybridized carbons (Fsp3) is 1.00. The van der Waals surface area contributed by atoms with E-state index in [4.69, 9.17) is 10.5 Å². The molecule has 0 bridgehead atoms. The Morgan fingerprint density at radius 1 is 1.50 bits per heavy atom. The summed E-state index contributed by atoms with van der Waals surface area (Å²) in [6, 6.07) is 0.168. The molecule has 0 aromatic heterocycles. The molecule has 1 heterocycles. The second kappa shape index (κ2) is 5.51. The summed E-state index contributed by atoms with van der Waals surface area (Å²) in [4.78, 5) is 0. The Kier molecular flexibility index (Phi) is 4.58. The van der Waals surface area contributed by atoms with E-state index < -0.39 is 0 Å². The molecule has 1 aliphatic heterocycles. The maximum Gasteiger partial charge on any atom is 0.0618 e. The summed E-state index contributed by atoms with van der Waals surface area (Å²) >= 11 is 0.